The van der Waals surface area contributed by atoms with Crippen molar-refractivity contribution in [3.63, 3.8) is 0 Å². The van der Waals surface area contributed by atoms with Gasteiger partial charge >= 0.3 is 0 Å². The van der Waals surface area contributed by atoms with E-state index < -0.39 is 0 Å². The van der Waals surface area contributed by atoms with Crippen molar-refractivity contribution in [1.29, 1.82) is 0 Å². The molecule has 0 amide bonds. The highest BCUT2D eigenvalue weighted by Gasteiger charge is 2.62. The number of rotatable bonds is 0. The van der Waals surface area contributed by atoms with Crippen LogP contribution < -0.4 is 0 Å². The lowest BCUT2D eigenvalue weighted by atomic mass is 9.60. The molecule has 0 heterocycles. The van der Waals surface area contributed by atoms with Crippen molar-refractivity contribution >= 4 is 0 Å². The molecule has 1 saturated carbocycles. The van der Waals surface area contributed by atoms with Crippen molar-refractivity contribution in [2.45, 2.75) is 48.0 Å². The van der Waals surface area contributed by atoms with Gasteiger partial charge in [0.2, 0.25) is 0 Å². The zero-order chi connectivity index (χ0) is 12.4. The van der Waals surface area contributed by atoms with Crippen LogP contribution in [0, 0.1) is 22.2 Å². The first-order chi connectivity index (χ1) is 7.14. The highest BCUT2D eigenvalue weighted by Crippen LogP contribution is 2.69. The van der Waals surface area contributed by atoms with E-state index in [1.165, 1.54) is 0 Å². The third-order valence-electron chi connectivity index (χ3n) is 5.96. The molecule has 1 heteroatoms. The molecule has 16 heavy (non-hydrogen) atoms. The summed E-state index contributed by atoms with van der Waals surface area (Å²) in [4.78, 5) is 0. The Hall–Kier alpha value is -0.590. The maximum Gasteiger partial charge on any atom is 0.122 e. The van der Waals surface area contributed by atoms with Crippen molar-refractivity contribution in [3.8, 4) is 0 Å². The molecule has 0 aromatic rings. The van der Waals surface area contributed by atoms with Gasteiger partial charge in [0.15, 0.2) is 0 Å². The van der Waals surface area contributed by atoms with Crippen molar-refractivity contribution in [1.82, 2.24) is 0 Å². The van der Waals surface area contributed by atoms with Crippen LogP contribution in [0.15, 0.2) is 23.6 Å². The summed E-state index contributed by atoms with van der Waals surface area (Å²) in [6, 6.07) is 0. The van der Waals surface area contributed by atoms with Gasteiger partial charge in [0, 0.05) is 0 Å². The van der Waals surface area contributed by atoms with Gasteiger partial charge in [-0.1, -0.05) is 47.6 Å². The van der Waals surface area contributed by atoms with Crippen LogP contribution in [0.4, 0.5) is 4.39 Å². The van der Waals surface area contributed by atoms with Crippen molar-refractivity contribution < 1.29 is 4.39 Å². The van der Waals surface area contributed by atoms with Crippen LogP contribution in [0.1, 0.15) is 48.0 Å². The molecule has 90 valence electrons. The summed E-state index contributed by atoms with van der Waals surface area (Å²) < 4.78 is 14.1. The van der Waals surface area contributed by atoms with Gasteiger partial charge in [-0.15, -0.1) is 0 Å². The van der Waals surface area contributed by atoms with Gasteiger partial charge in [-0.25, -0.2) is 4.39 Å². The molecule has 1 atom stereocenters. The molecule has 0 spiro atoms. The molecule has 0 aliphatic heterocycles. The van der Waals surface area contributed by atoms with Crippen LogP contribution in [0.5, 0.6) is 0 Å². The van der Waals surface area contributed by atoms with Gasteiger partial charge in [0.1, 0.15) is 5.83 Å². The standard InChI is InChI=1S/C15H23F/c1-13(2)10-8-7-9-11(16)12(10)14(3,4)15(13,5)6/h7,9-10H,8H2,1-6H3. The number of hydrogen-bond donors (Lipinski definition) is 0. The Morgan fingerprint density at radius 3 is 2.19 bits per heavy atom. The topological polar surface area (TPSA) is 0 Å². The van der Waals surface area contributed by atoms with E-state index in [0.29, 0.717) is 5.92 Å². The minimum atomic E-state index is -0.0595. The van der Waals surface area contributed by atoms with Crippen molar-refractivity contribution in [2.75, 3.05) is 0 Å². The lowest BCUT2D eigenvalue weighted by Crippen LogP contribution is -2.38. The number of halogens is 1. The Labute approximate surface area is 98.6 Å². The molecule has 1 fully saturated rings. The molecule has 0 N–H and O–H groups in total. The summed E-state index contributed by atoms with van der Waals surface area (Å²) in [6.45, 7) is 13.5. The summed E-state index contributed by atoms with van der Waals surface area (Å²) in [6.07, 6.45) is 4.64. The summed E-state index contributed by atoms with van der Waals surface area (Å²) in [5.74, 6) is 0.377. The van der Waals surface area contributed by atoms with Crippen LogP contribution in [0.25, 0.3) is 0 Å². The van der Waals surface area contributed by atoms with Crippen molar-refractivity contribution in [3.05, 3.63) is 23.6 Å². The minimum absolute atomic E-state index is 0.0138. The van der Waals surface area contributed by atoms with E-state index in [9.17, 15) is 4.39 Å². The second kappa shape index (κ2) is 3.00. The quantitative estimate of drug-likeness (QED) is 0.548. The fourth-order valence-corrected chi connectivity index (χ4v) is 3.65. The van der Waals surface area contributed by atoms with Gasteiger partial charge in [-0.3, -0.25) is 0 Å². The van der Waals surface area contributed by atoms with E-state index in [-0.39, 0.29) is 22.1 Å². The molecule has 0 bridgehead atoms. The van der Waals surface area contributed by atoms with E-state index >= 15 is 0 Å². The Kier molecular flexibility index (Phi) is 2.22. The fourth-order valence-electron chi connectivity index (χ4n) is 3.65. The number of fused-ring (bicyclic) bond motifs is 1. The van der Waals surface area contributed by atoms with Crippen LogP contribution in [0.3, 0.4) is 0 Å². The monoisotopic (exact) mass is 222 g/mol. The van der Waals surface area contributed by atoms with Crippen LogP contribution >= 0.6 is 0 Å². The largest absolute Gasteiger partial charge is 0.207 e. The van der Waals surface area contributed by atoms with E-state index in [1.54, 1.807) is 6.08 Å². The molecular weight excluding hydrogens is 199 g/mol. The first-order valence-electron chi connectivity index (χ1n) is 6.20. The number of allylic oxidation sites excluding steroid dienone is 4. The maximum atomic E-state index is 14.1. The molecule has 2 aliphatic carbocycles. The summed E-state index contributed by atoms with van der Waals surface area (Å²) in [7, 11) is 0. The molecule has 2 rings (SSSR count). The molecule has 0 radical (unpaired) electrons. The first kappa shape index (κ1) is 11.9. The van der Waals surface area contributed by atoms with Gasteiger partial charge in [0.25, 0.3) is 0 Å². The third-order valence-corrected chi connectivity index (χ3v) is 5.96. The predicted molar refractivity (Wildman–Crippen MR) is 66.7 cm³/mol. The molecule has 1 unspecified atom stereocenters. The van der Waals surface area contributed by atoms with E-state index in [0.717, 1.165) is 12.0 Å². The van der Waals surface area contributed by atoms with Crippen LogP contribution in [0.2, 0.25) is 0 Å². The smallest absolute Gasteiger partial charge is 0.122 e. The second-order valence-corrected chi connectivity index (χ2v) is 6.92. The summed E-state index contributed by atoms with van der Waals surface area (Å²) in [5.41, 5.74) is 1.25. The van der Waals surface area contributed by atoms with Gasteiger partial charge in [0.05, 0.1) is 0 Å². The lowest BCUT2D eigenvalue weighted by Gasteiger charge is -2.44. The molecule has 0 saturated heterocycles. The lowest BCUT2D eigenvalue weighted by molar-refractivity contribution is 0.0405. The molecule has 0 nitrogen and oxygen atoms in total. The van der Waals surface area contributed by atoms with E-state index in [2.05, 4.69) is 41.5 Å². The predicted octanol–water partition coefficient (Wildman–Crippen LogP) is 4.88. The maximum absolute atomic E-state index is 14.1. The Morgan fingerprint density at radius 2 is 1.69 bits per heavy atom. The average molecular weight is 222 g/mol. The Balaban J connectivity index is 2.68. The molecule has 2 aliphatic rings. The van der Waals surface area contributed by atoms with E-state index in [4.69, 9.17) is 0 Å². The zero-order valence-electron chi connectivity index (χ0n) is 11.3. The third kappa shape index (κ3) is 1.10. The molecular formula is C15H23F. The van der Waals surface area contributed by atoms with Gasteiger partial charge < -0.3 is 0 Å². The Bertz CT molecular complexity index is 380. The number of hydrogen-bond acceptors (Lipinski definition) is 0. The normalized spacial score (nSPS) is 34.1. The SMILES string of the molecule is CC1(C)C2=C(F)C=CCC2C(C)(C)C1(C)C. The van der Waals surface area contributed by atoms with Crippen LogP contribution in [-0.2, 0) is 0 Å². The summed E-state index contributed by atoms with van der Waals surface area (Å²) in [5, 5.41) is 0. The zero-order valence-corrected chi connectivity index (χ0v) is 11.3. The highest BCUT2D eigenvalue weighted by molar-refractivity contribution is 5.39. The molecule has 0 aromatic heterocycles. The Morgan fingerprint density at radius 1 is 1.12 bits per heavy atom. The molecule has 0 aromatic carbocycles. The van der Waals surface area contributed by atoms with E-state index in [1.807, 2.05) is 6.08 Å². The van der Waals surface area contributed by atoms with Gasteiger partial charge in [-0.2, -0.15) is 0 Å². The fraction of sp³-hybridized carbons (Fsp3) is 0.733. The van der Waals surface area contributed by atoms with Crippen molar-refractivity contribution in [2.24, 2.45) is 22.2 Å². The van der Waals surface area contributed by atoms with Crippen LogP contribution in [-0.4, -0.2) is 0 Å². The average Bonchev–Trinajstić information content (AvgIpc) is 2.25. The highest BCUT2D eigenvalue weighted by atomic mass is 19.1. The summed E-state index contributed by atoms with van der Waals surface area (Å²) >= 11 is 0. The van der Waals surface area contributed by atoms with Gasteiger partial charge in [-0.05, 0) is 40.2 Å². The second-order valence-electron chi connectivity index (χ2n) is 6.92. The minimum Gasteiger partial charge on any atom is -0.207 e. The first-order valence-corrected chi connectivity index (χ1v) is 6.20.